The second-order valence-corrected chi connectivity index (χ2v) is 3.67. The fraction of sp³-hybridized carbons (Fsp3) is 0.500. The Morgan fingerprint density at radius 2 is 1.19 bits per heavy atom. The summed E-state index contributed by atoms with van der Waals surface area (Å²) in [4.78, 5) is 20.9. The standard InChI is InChI=1S/C12H18O4/c1-9(11(13)14)7-5-3-4-6-8-10(2)12(15)16/h7-8H,3-6H2,1-2H3,(H,13,14)(H,15,16). The third kappa shape index (κ3) is 6.81. The van der Waals surface area contributed by atoms with E-state index >= 15 is 0 Å². The SMILES string of the molecule is CC(=CCCCCC=C(C)C(=O)O)C(=O)O. The number of allylic oxidation sites excluding steroid dienone is 2. The Morgan fingerprint density at radius 3 is 1.44 bits per heavy atom. The number of hydrogen-bond acceptors (Lipinski definition) is 2. The van der Waals surface area contributed by atoms with Gasteiger partial charge in [0, 0.05) is 11.1 Å². The molecule has 0 unspecified atom stereocenters. The molecule has 0 spiro atoms. The molecular weight excluding hydrogens is 208 g/mol. The lowest BCUT2D eigenvalue weighted by molar-refractivity contribution is -0.133. The zero-order valence-electron chi connectivity index (χ0n) is 9.69. The van der Waals surface area contributed by atoms with E-state index in [4.69, 9.17) is 10.2 Å². The molecule has 0 aliphatic carbocycles. The number of carbonyl (C=O) groups is 2. The van der Waals surface area contributed by atoms with Gasteiger partial charge in [-0.2, -0.15) is 0 Å². The summed E-state index contributed by atoms with van der Waals surface area (Å²) in [5, 5.41) is 17.2. The fourth-order valence-electron chi connectivity index (χ4n) is 1.10. The molecule has 0 aliphatic heterocycles. The first-order chi connectivity index (χ1) is 7.45. The van der Waals surface area contributed by atoms with Crippen LogP contribution in [0.4, 0.5) is 0 Å². The van der Waals surface area contributed by atoms with Crippen molar-refractivity contribution in [3.8, 4) is 0 Å². The van der Waals surface area contributed by atoms with Crippen molar-refractivity contribution >= 4 is 11.9 Å². The van der Waals surface area contributed by atoms with Crippen LogP contribution in [0.1, 0.15) is 39.5 Å². The summed E-state index contributed by atoms with van der Waals surface area (Å²) in [6, 6.07) is 0. The van der Waals surface area contributed by atoms with Gasteiger partial charge in [0.05, 0.1) is 0 Å². The number of carboxylic acid groups (broad SMARTS) is 2. The smallest absolute Gasteiger partial charge is 0.330 e. The molecule has 0 radical (unpaired) electrons. The van der Waals surface area contributed by atoms with Gasteiger partial charge in [0.1, 0.15) is 0 Å². The van der Waals surface area contributed by atoms with Crippen LogP contribution in [-0.2, 0) is 9.59 Å². The highest BCUT2D eigenvalue weighted by atomic mass is 16.4. The Morgan fingerprint density at radius 1 is 0.875 bits per heavy atom. The van der Waals surface area contributed by atoms with Gasteiger partial charge in [-0.1, -0.05) is 12.2 Å². The summed E-state index contributed by atoms with van der Waals surface area (Å²) in [5.74, 6) is -1.77. The highest BCUT2D eigenvalue weighted by Gasteiger charge is 1.99. The topological polar surface area (TPSA) is 74.6 Å². The van der Waals surface area contributed by atoms with Crippen molar-refractivity contribution in [2.24, 2.45) is 0 Å². The van der Waals surface area contributed by atoms with Gasteiger partial charge < -0.3 is 10.2 Å². The molecule has 0 rings (SSSR count). The van der Waals surface area contributed by atoms with Crippen LogP contribution in [0.5, 0.6) is 0 Å². The van der Waals surface area contributed by atoms with Crippen LogP contribution in [0.3, 0.4) is 0 Å². The van der Waals surface area contributed by atoms with Crippen molar-refractivity contribution in [1.82, 2.24) is 0 Å². The maximum Gasteiger partial charge on any atom is 0.330 e. The first-order valence-corrected chi connectivity index (χ1v) is 5.25. The number of hydrogen-bond donors (Lipinski definition) is 2. The number of rotatable bonds is 7. The number of unbranched alkanes of at least 4 members (excludes halogenated alkanes) is 3. The Kier molecular flexibility index (Phi) is 6.92. The normalized spacial score (nSPS) is 12.6. The van der Waals surface area contributed by atoms with Crippen LogP contribution >= 0.6 is 0 Å². The van der Waals surface area contributed by atoms with Gasteiger partial charge in [-0.3, -0.25) is 0 Å². The monoisotopic (exact) mass is 226 g/mol. The van der Waals surface area contributed by atoms with Gasteiger partial charge >= 0.3 is 11.9 Å². The van der Waals surface area contributed by atoms with Crippen LogP contribution in [0, 0.1) is 0 Å². The predicted octanol–water partition coefficient (Wildman–Crippen LogP) is 2.61. The summed E-state index contributed by atoms with van der Waals surface area (Å²) < 4.78 is 0. The molecule has 0 saturated carbocycles. The van der Waals surface area contributed by atoms with Gasteiger partial charge in [0.15, 0.2) is 0 Å². The van der Waals surface area contributed by atoms with Crippen molar-refractivity contribution in [3.05, 3.63) is 23.3 Å². The minimum atomic E-state index is -0.887. The van der Waals surface area contributed by atoms with Crippen LogP contribution in [0.15, 0.2) is 23.3 Å². The highest BCUT2D eigenvalue weighted by Crippen LogP contribution is 2.06. The molecule has 0 aromatic rings. The van der Waals surface area contributed by atoms with E-state index < -0.39 is 11.9 Å². The van der Waals surface area contributed by atoms with Crippen molar-refractivity contribution in [2.45, 2.75) is 39.5 Å². The minimum Gasteiger partial charge on any atom is -0.478 e. The van der Waals surface area contributed by atoms with Gasteiger partial charge in [-0.05, 0) is 39.5 Å². The van der Waals surface area contributed by atoms with Crippen LogP contribution in [0.25, 0.3) is 0 Å². The van der Waals surface area contributed by atoms with Gasteiger partial charge in [-0.15, -0.1) is 0 Å². The predicted molar refractivity (Wildman–Crippen MR) is 61.3 cm³/mol. The maximum atomic E-state index is 10.4. The van der Waals surface area contributed by atoms with E-state index in [0.29, 0.717) is 11.1 Å². The molecule has 4 nitrogen and oxygen atoms in total. The van der Waals surface area contributed by atoms with Crippen LogP contribution in [-0.4, -0.2) is 22.2 Å². The molecular formula is C12H18O4. The van der Waals surface area contributed by atoms with E-state index in [1.807, 2.05) is 0 Å². The quantitative estimate of drug-likeness (QED) is 0.517. The molecule has 0 heterocycles. The molecule has 0 saturated heterocycles. The molecule has 90 valence electrons. The second kappa shape index (κ2) is 7.68. The van der Waals surface area contributed by atoms with Gasteiger partial charge in [0.2, 0.25) is 0 Å². The lowest BCUT2D eigenvalue weighted by atomic mass is 10.1. The third-order valence-electron chi connectivity index (χ3n) is 2.23. The minimum absolute atomic E-state index is 0.359. The van der Waals surface area contributed by atoms with Crippen molar-refractivity contribution in [3.63, 3.8) is 0 Å². The zero-order chi connectivity index (χ0) is 12.6. The highest BCUT2D eigenvalue weighted by molar-refractivity contribution is 5.86. The molecule has 2 N–H and O–H groups in total. The molecule has 0 bridgehead atoms. The maximum absolute atomic E-state index is 10.4. The van der Waals surface area contributed by atoms with Gasteiger partial charge in [-0.25, -0.2) is 9.59 Å². The largest absolute Gasteiger partial charge is 0.478 e. The molecule has 0 fully saturated rings. The Bertz CT molecular complexity index is 281. The number of carboxylic acids is 2. The molecule has 0 aliphatic rings. The first-order valence-electron chi connectivity index (χ1n) is 5.25. The van der Waals surface area contributed by atoms with E-state index in [1.54, 1.807) is 26.0 Å². The molecule has 0 atom stereocenters. The Balaban J connectivity index is 3.70. The van der Waals surface area contributed by atoms with Crippen molar-refractivity contribution < 1.29 is 19.8 Å². The lowest BCUT2D eigenvalue weighted by Crippen LogP contribution is -1.96. The van der Waals surface area contributed by atoms with Gasteiger partial charge in [0.25, 0.3) is 0 Å². The van der Waals surface area contributed by atoms with Crippen LogP contribution in [0.2, 0.25) is 0 Å². The van der Waals surface area contributed by atoms with E-state index in [1.165, 1.54) is 0 Å². The lowest BCUT2D eigenvalue weighted by Gasteiger charge is -1.96. The Labute approximate surface area is 95.3 Å². The third-order valence-corrected chi connectivity index (χ3v) is 2.23. The van der Waals surface area contributed by atoms with Crippen molar-refractivity contribution in [1.29, 1.82) is 0 Å². The summed E-state index contributed by atoms with van der Waals surface area (Å²) >= 11 is 0. The average molecular weight is 226 g/mol. The first kappa shape index (κ1) is 14.4. The summed E-state index contributed by atoms with van der Waals surface area (Å²) in [7, 11) is 0. The van der Waals surface area contributed by atoms with Crippen molar-refractivity contribution in [2.75, 3.05) is 0 Å². The fourth-order valence-corrected chi connectivity index (χ4v) is 1.10. The molecule has 16 heavy (non-hydrogen) atoms. The molecule has 0 aromatic carbocycles. The molecule has 0 amide bonds. The summed E-state index contributed by atoms with van der Waals surface area (Å²) in [6.07, 6.45) is 6.56. The summed E-state index contributed by atoms with van der Waals surface area (Å²) in [5.41, 5.74) is 0.717. The van der Waals surface area contributed by atoms with E-state index in [9.17, 15) is 9.59 Å². The van der Waals surface area contributed by atoms with E-state index in [2.05, 4.69) is 0 Å². The molecule has 0 aromatic heterocycles. The Hall–Kier alpha value is -1.58. The average Bonchev–Trinajstić information content (AvgIpc) is 2.21. The zero-order valence-corrected chi connectivity index (χ0v) is 9.69. The second-order valence-electron chi connectivity index (χ2n) is 3.67. The van der Waals surface area contributed by atoms with E-state index in [-0.39, 0.29) is 0 Å². The van der Waals surface area contributed by atoms with E-state index in [0.717, 1.165) is 25.7 Å². The summed E-state index contributed by atoms with van der Waals surface area (Å²) in [6.45, 7) is 3.13. The molecule has 4 heteroatoms. The number of aliphatic carboxylic acids is 2. The van der Waals surface area contributed by atoms with Crippen LogP contribution < -0.4 is 0 Å².